The standard InChI is InChI=1S/C18H28N4O3/c1-14(23)12-19-17-3-2-15(13-20-17)18(24)22-6-4-16(5-7-22)21-8-10-25-11-9-21/h2-3,13-14,16,23H,4-12H2,1H3,(H,19,20)/t14-/m1/s1. The molecule has 7 nitrogen and oxygen atoms in total. The number of hydrogen-bond donors (Lipinski definition) is 2. The topological polar surface area (TPSA) is 77.9 Å². The van der Waals surface area contributed by atoms with Gasteiger partial charge < -0.3 is 20.1 Å². The van der Waals surface area contributed by atoms with Crippen molar-refractivity contribution in [3.05, 3.63) is 23.9 Å². The summed E-state index contributed by atoms with van der Waals surface area (Å²) in [6, 6.07) is 4.15. The third-order valence-corrected chi connectivity index (χ3v) is 4.90. The largest absolute Gasteiger partial charge is 0.392 e. The van der Waals surface area contributed by atoms with Gasteiger partial charge in [0, 0.05) is 45.0 Å². The number of aromatic nitrogens is 1. The Bertz CT molecular complexity index is 550. The van der Waals surface area contributed by atoms with Crippen LogP contribution in [-0.4, -0.2) is 83.9 Å². The zero-order valence-corrected chi connectivity index (χ0v) is 14.9. The minimum absolute atomic E-state index is 0.0509. The van der Waals surface area contributed by atoms with Crippen molar-refractivity contribution in [2.45, 2.75) is 31.9 Å². The molecule has 7 heteroatoms. The summed E-state index contributed by atoms with van der Waals surface area (Å²) < 4.78 is 5.42. The lowest BCUT2D eigenvalue weighted by Gasteiger charge is -2.40. The number of anilines is 1. The zero-order chi connectivity index (χ0) is 17.6. The quantitative estimate of drug-likeness (QED) is 0.820. The second kappa shape index (κ2) is 8.60. The Labute approximate surface area is 149 Å². The molecule has 2 fully saturated rings. The van der Waals surface area contributed by atoms with Gasteiger partial charge in [-0.3, -0.25) is 9.69 Å². The normalized spacial score (nSPS) is 21.1. The van der Waals surface area contributed by atoms with Crippen LogP contribution in [0.5, 0.6) is 0 Å². The van der Waals surface area contributed by atoms with Gasteiger partial charge in [-0.25, -0.2) is 4.98 Å². The molecular weight excluding hydrogens is 320 g/mol. The highest BCUT2D eigenvalue weighted by atomic mass is 16.5. The molecule has 0 radical (unpaired) electrons. The summed E-state index contributed by atoms with van der Waals surface area (Å²) in [5.74, 6) is 0.721. The maximum atomic E-state index is 12.7. The molecule has 0 bridgehead atoms. The van der Waals surface area contributed by atoms with Crippen molar-refractivity contribution >= 4 is 11.7 Å². The van der Waals surface area contributed by atoms with Crippen LogP contribution in [0.1, 0.15) is 30.1 Å². The van der Waals surface area contributed by atoms with E-state index in [0.29, 0.717) is 24.0 Å². The van der Waals surface area contributed by atoms with Crippen LogP contribution in [0.4, 0.5) is 5.82 Å². The molecule has 1 atom stereocenters. The van der Waals surface area contributed by atoms with E-state index in [4.69, 9.17) is 4.74 Å². The number of carbonyl (C=O) groups excluding carboxylic acids is 1. The summed E-state index contributed by atoms with van der Waals surface area (Å²) in [5, 5.41) is 12.3. The second-order valence-corrected chi connectivity index (χ2v) is 6.83. The van der Waals surface area contributed by atoms with Gasteiger partial charge in [0.1, 0.15) is 5.82 Å². The number of ether oxygens (including phenoxy) is 1. The highest BCUT2D eigenvalue weighted by Gasteiger charge is 2.28. The molecule has 0 unspecified atom stereocenters. The molecule has 1 aromatic rings. The third kappa shape index (κ3) is 4.90. The monoisotopic (exact) mass is 348 g/mol. The molecule has 2 aliphatic heterocycles. The molecule has 0 aromatic carbocycles. The first kappa shape index (κ1) is 18.1. The zero-order valence-electron chi connectivity index (χ0n) is 14.9. The Morgan fingerprint density at radius 2 is 2.04 bits per heavy atom. The van der Waals surface area contributed by atoms with Crippen LogP contribution < -0.4 is 5.32 Å². The predicted molar refractivity (Wildman–Crippen MR) is 95.7 cm³/mol. The van der Waals surface area contributed by atoms with Gasteiger partial charge in [0.05, 0.1) is 24.9 Å². The number of hydrogen-bond acceptors (Lipinski definition) is 6. The van der Waals surface area contributed by atoms with Crippen molar-refractivity contribution in [2.75, 3.05) is 51.3 Å². The van der Waals surface area contributed by atoms with Crippen molar-refractivity contribution in [2.24, 2.45) is 0 Å². The number of aliphatic hydroxyl groups is 1. The first-order chi connectivity index (χ1) is 12.1. The van der Waals surface area contributed by atoms with Crippen molar-refractivity contribution in [1.29, 1.82) is 0 Å². The molecule has 3 rings (SSSR count). The molecule has 2 N–H and O–H groups in total. The van der Waals surface area contributed by atoms with Gasteiger partial charge in [-0.15, -0.1) is 0 Å². The van der Waals surface area contributed by atoms with Gasteiger partial charge in [0.15, 0.2) is 0 Å². The summed E-state index contributed by atoms with van der Waals surface area (Å²) >= 11 is 0. The van der Waals surface area contributed by atoms with E-state index in [-0.39, 0.29) is 5.91 Å². The fraction of sp³-hybridized carbons (Fsp3) is 0.667. The van der Waals surface area contributed by atoms with Crippen LogP contribution in [0.3, 0.4) is 0 Å². The molecule has 1 amide bonds. The Morgan fingerprint density at radius 3 is 2.64 bits per heavy atom. The first-order valence-electron chi connectivity index (χ1n) is 9.12. The molecule has 138 valence electrons. The van der Waals surface area contributed by atoms with E-state index in [2.05, 4.69) is 15.2 Å². The number of carbonyl (C=O) groups is 1. The van der Waals surface area contributed by atoms with Crippen LogP contribution in [0.2, 0.25) is 0 Å². The highest BCUT2D eigenvalue weighted by molar-refractivity contribution is 5.94. The maximum Gasteiger partial charge on any atom is 0.255 e. The van der Waals surface area contributed by atoms with E-state index in [1.165, 1.54) is 0 Å². The number of likely N-dealkylation sites (tertiary alicyclic amines) is 1. The molecule has 0 aliphatic carbocycles. The van der Waals surface area contributed by atoms with Crippen molar-refractivity contribution in [1.82, 2.24) is 14.8 Å². The van der Waals surface area contributed by atoms with Gasteiger partial charge in [0.2, 0.25) is 0 Å². The Hall–Kier alpha value is -1.70. The van der Waals surface area contributed by atoms with Crippen LogP contribution >= 0.6 is 0 Å². The molecular formula is C18H28N4O3. The fourth-order valence-electron chi connectivity index (χ4n) is 3.44. The van der Waals surface area contributed by atoms with E-state index in [1.807, 2.05) is 4.90 Å². The summed E-state index contributed by atoms with van der Waals surface area (Å²) in [4.78, 5) is 21.3. The fourth-order valence-corrected chi connectivity index (χ4v) is 3.44. The number of nitrogens with zero attached hydrogens (tertiary/aromatic N) is 3. The molecule has 2 saturated heterocycles. The molecule has 3 heterocycles. The van der Waals surface area contributed by atoms with E-state index < -0.39 is 6.10 Å². The molecule has 0 spiro atoms. The van der Waals surface area contributed by atoms with E-state index in [0.717, 1.165) is 52.2 Å². The second-order valence-electron chi connectivity index (χ2n) is 6.83. The number of morpholine rings is 1. The highest BCUT2D eigenvalue weighted by Crippen LogP contribution is 2.19. The Kier molecular flexibility index (Phi) is 6.23. The average molecular weight is 348 g/mol. The molecule has 25 heavy (non-hydrogen) atoms. The number of pyridine rings is 1. The van der Waals surface area contributed by atoms with E-state index in [1.54, 1.807) is 25.3 Å². The third-order valence-electron chi connectivity index (χ3n) is 4.90. The minimum Gasteiger partial charge on any atom is -0.392 e. The predicted octanol–water partition coefficient (Wildman–Crippen LogP) is 0.811. The van der Waals surface area contributed by atoms with E-state index >= 15 is 0 Å². The van der Waals surface area contributed by atoms with Crippen LogP contribution in [0, 0.1) is 0 Å². The van der Waals surface area contributed by atoms with Crippen molar-refractivity contribution < 1.29 is 14.6 Å². The van der Waals surface area contributed by atoms with Gasteiger partial charge >= 0.3 is 0 Å². The van der Waals surface area contributed by atoms with Gasteiger partial charge in [-0.05, 0) is 31.9 Å². The van der Waals surface area contributed by atoms with Crippen molar-refractivity contribution in [3.8, 4) is 0 Å². The lowest BCUT2D eigenvalue weighted by molar-refractivity contribution is 0.00158. The number of aliphatic hydroxyl groups excluding tert-OH is 1. The number of amides is 1. The number of piperidine rings is 1. The summed E-state index contributed by atoms with van der Waals surface area (Å²) in [6.07, 6.45) is 3.22. The number of rotatable bonds is 5. The van der Waals surface area contributed by atoms with Crippen LogP contribution in [0.25, 0.3) is 0 Å². The van der Waals surface area contributed by atoms with E-state index in [9.17, 15) is 9.90 Å². The Morgan fingerprint density at radius 1 is 1.32 bits per heavy atom. The average Bonchev–Trinajstić information content (AvgIpc) is 2.67. The lowest BCUT2D eigenvalue weighted by Crippen LogP contribution is -2.50. The maximum absolute atomic E-state index is 12.7. The van der Waals surface area contributed by atoms with Gasteiger partial charge in [-0.1, -0.05) is 0 Å². The smallest absolute Gasteiger partial charge is 0.255 e. The summed E-state index contributed by atoms with van der Waals surface area (Å²) in [6.45, 7) is 7.39. The van der Waals surface area contributed by atoms with Crippen molar-refractivity contribution in [3.63, 3.8) is 0 Å². The summed E-state index contributed by atoms with van der Waals surface area (Å²) in [7, 11) is 0. The summed E-state index contributed by atoms with van der Waals surface area (Å²) in [5.41, 5.74) is 0.618. The van der Waals surface area contributed by atoms with Crippen LogP contribution in [-0.2, 0) is 4.74 Å². The van der Waals surface area contributed by atoms with Gasteiger partial charge in [-0.2, -0.15) is 0 Å². The lowest BCUT2D eigenvalue weighted by atomic mass is 10.0. The SMILES string of the molecule is C[C@@H](O)CNc1ccc(C(=O)N2CCC(N3CCOCC3)CC2)cn1. The minimum atomic E-state index is -0.434. The molecule has 2 aliphatic rings. The molecule has 0 saturated carbocycles. The Balaban J connectivity index is 1.50. The molecule has 1 aromatic heterocycles. The number of nitrogens with one attached hydrogen (secondary N) is 1. The first-order valence-corrected chi connectivity index (χ1v) is 9.12. The van der Waals surface area contributed by atoms with Gasteiger partial charge in [0.25, 0.3) is 5.91 Å². The van der Waals surface area contributed by atoms with Crippen LogP contribution in [0.15, 0.2) is 18.3 Å².